The summed E-state index contributed by atoms with van der Waals surface area (Å²) in [5.74, 6) is 0.103. The van der Waals surface area contributed by atoms with Crippen LogP contribution >= 0.6 is 21.6 Å². The molecular formula is C30H32N4O10S2. The first-order valence-electron chi connectivity index (χ1n) is 14.5. The van der Waals surface area contributed by atoms with Gasteiger partial charge in [-0.1, -0.05) is 46.7 Å². The molecule has 1 aromatic carbocycles. The van der Waals surface area contributed by atoms with Gasteiger partial charge >= 0.3 is 24.3 Å². The third-order valence-corrected chi connectivity index (χ3v) is 9.74. The Hall–Kier alpha value is -4.44. The Morgan fingerprint density at radius 2 is 1.80 bits per heavy atom. The van der Waals surface area contributed by atoms with Crippen LogP contribution in [0.25, 0.3) is 22.3 Å². The number of esters is 1. The van der Waals surface area contributed by atoms with E-state index in [1.54, 1.807) is 17.6 Å². The van der Waals surface area contributed by atoms with Crippen molar-refractivity contribution in [1.29, 1.82) is 0 Å². The van der Waals surface area contributed by atoms with Crippen molar-refractivity contribution < 1.29 is 43.2 Å². The quantitative estimate of drug-likeness (QED) is 0.0802. The third kappa shape index (κ3) is 7.17. The first-order chi connectivity index (χ1) is 22.2. The molecular weight excluding hydrogens is 640 g/mol. The molecule has 3 aromatic rings. The van der Waals surface area contributed by atoms with E-state index in [0.29, 0.717) is 35.9 Å². The Morgan fingerprint density at radius 1 is 1.07 bits per heavy atom. The molecule has 0 spiro atoms. The lowest BCUT2D eigenvalue weighted by molar-refractivity contribution is -0.175. The highest BCUT2D eigenvalue weighted by Crippen LogP contribution is 2.41. The summed E-state index contributed by atoms with van der Waals surface area (Å²) in [7, 11) is 2.80. The zero-order chi connectivity index (χ0) is 32.7. The molecule has 2 amide bonds. The first-order valence-corrected chi connectivity index (χ1v) is 17.0. The number of carbonyl (C=O) groups is 4. The number of carbonyl (C=O) groups excluding carboxylic acids is 3. The number of fused-ring (bicyclic) bond motifs is 5. The summed E-state index contributed by atoms with van der Waals surface area (Å²) in [6.45, 7) is 2.40. The maximum atomic E-state index is 13.6. The maximum absolute atomic E-state index is 13.6. The van der Waals surface area contributed by atoms with Gasteiger partial charge in [-0.05, 0) is 31.0 Å². The minimum atomic E-state index is -1.86. The van der Waals surface area contributed by atoms with Crippen molar-refractivity contribution in [1.82, 2.24) is 20.2 Å². The molecule has 46 heavy (non-hydrogen) atoms. The fourth-order valence-electron chi connectivity index (χ4n) is 5.22. The number of para-hydroxylation sites is 1. The summed E-state index contributed by atoms with van der Waals surface area (Å²) < 4.78 is 22.9. The standard InChI is InChI=1S/C30H32N4O10S2/c1-2-30(44-29(40)42-11-13-46-45-12-10-41-28(39)32-9-5-8-31-27(37)38)21-15-23-24-19(14-18-6-3-4-7-22(18)33-24)16-34(23)25(35)20(21)17-43-26(30)36/h3-4,6-7,14-15,31H,2,5,8-13,16-17H2,1H3,(H,32,39)(H,37,38). The van der Waals surface area contributed by atoms with Crippen LogP contribution in [0.15, 0.2) is 41.2 Å². The molecule has 0 radical (unpaired) electrons. The second-order valence-corrected chi connectivity index (χ2v) is 13.0. The van der Waals surface area contributed by atoms with E-state index in [-0.39, 0.29) is 56.0 Å². The molecule has 3 N–H and O–H groups in total. The largest absolute Gasteiger partial charge is 0.509 e. The van der Waals surface area contributed by atoms with Crippen LogP contribution in [0.4, 0.5) is 14.4 Å². The minimum Gasteiger partial charge on any atom is -0.465 e. The molecule has 2 aliphatic rings. The molecule has 2 aliphatic heterocycles. The number of alkyl carbamates (subject to hydrolysis) is 1. The van der Waals surface area contributed by atoms with Gasteiger partial charge in [0.1, 0.15) is 19.8 Å². The molecule has 1 atom stereocenters. The van der Waals surface area contributed by atoms with Crippen LogP contribution in [0.2, 0.25) is 0 Å². The molecule has 5 rings (SSSR count). The van der Waals surface area contributed by atoms with Crippen LogP contribution in [-0.4, -0.2) is 76.8 Å². The van der Waals surface area contributed by atoms with Crippen molar-refractivity contribution in [3.63, 3.8) is 0 Å². The number of rotatable bonds is 13. The van der Waals surface area contributed by atoms with Crippen molar-refractivity contribution in [3.8, 4) is 11.4 Å². The molecule has 2 aromatic heterocycles. The second kappa shape index (κ2) is 14.8. The van der Waals surface area contributed by atoms with E-state index in [0.717, 1.165) is 16.5 Å². The van der Waals surface area contributed by atoms with E-state index in [1.165, 1.54) is 21.6 Å². The van der Waals surface area contributed by atoms with E-state index in [1.807, 2.05) is 30.3 Å². The smallest absolute Gasteiger partial charge is 0.465 e. The predicted octanol–water partition coefficient (Wildman–Crippen LogP) is 4.01. The topological polar surface area (TPSA) is 184 Å². The Kier molecular flexibility index (Phi) is 10.6. The predicted molar refractivity (Wildman–Crippen MR) is 170 cm³/mol. The van der Waals surface area contributed by atoms with Crippen LogP contribution < -0.4 is 16.2 Å². The van der Waals surface area contributed by atoms with Gasteiger partial charge in [0, 0.05) is 41.1 Å². The van der Waals surface area contributed by atoms with Gasteiger partial charge in [0.25, 0.3) is 5.56 Å². The molecule has 4 heterocycles. The number of amides is 2. The molecule has 1 unspecified atom stereocenters. The van der Waals surface area contributed by atoms with Crippen LogP contribution in [0.3, 0.4) is 0 Å². The zero-order valence-corrected chi connectivity index (χ0v) is 26.5. The van der Waals surface area contributed by atoms with Gasteiger partial charge in [-0.25, -0.2) is 24.2 Å². The average Bonchev–Trinajstić information content (AvgIpc) is 3.40. The number of carboxylic acid groups (broad SMARTS) is 1. The van der Waals surface area contributed by atoms with Crippen molar-refractivity contribution in [3.05, 3.63) is 63.4 Å². The summed E-state index contributed by atoms with van der Waals surface area (Å²) in [5.41, 5.74) is 1.15. The fourth-order valence-corrected chi connectivity index (χ4v) is 6.88. The highest BCUT2D eigenvalue weighted by Gasteiger charge is 2.51. The SMILES string of the molecule is CCC1(OC(=O)OCCSSCCOC(=O)NCCCNC(=O)O)C(=O)OCc2c1cc1n(c2=O)Cc2cc3ccccc3nc2-1. The summed E-state index contributed by atoms with van der Waals surface area (Å²) in [4.78, 5) is 66.4. The summed E-state index contributed by atoms with van der Waals surface area (Å²) in [6.07, 6.45) is -2.33. The Labute approximate surface area is 270 Å². The molecule has 244 valence electrons. The normalized spacial score (nSPS) is 16.1. The van der Waals surface area contributed by atoms with E-state index in [4.69, 9.17) is 29.0 Å². The second-order valence-electron chi connectivity index (χ2n) is 10.3. The number of hydrogen-bond acceptors (Lipinski definition) is 12. The Morgan fingerprint density at radius 3 is 2.57 bits per heavy atom. The Balaban J connectivity index is 1.14. The number of nitrogens with one attached hydrogen (secondary N) is 2. The average molecular weight is 673 g/mol. The summed E-state index contributed by atoms with van der Waals surface area (Å²) >= 11 is 0. The van der Waals surface area contributed by atoms with Gasteiger partial charge in [0.05, 0.1) is 29.0 Å². The number of nitrogens with zero attached hydrogens (tertiary/aromatic N) is 2. The van der Waals surface area contributed by atoms with Crippen molar-refractivity contribution >= 4 is 56.8 Å². The van der Waals surface area contributed by atoms with Gasteiger partial charge in [0.15, 0.2) is 0 Å². The van der Waals surface area contributed by atoms with Gasteiger partial charge in [-0.3, -0.25) is 4.79 Å². The minimum absolute atomic E-state index is 0.0128. The molecule has 0 saturated heterocycles. The number of hydrogen-bond donors (Lipinski definition) is 3. The number of aromatic nitrogens is 2. The van der Waals surface area contributed by atoms with E-state index in [9.17, 15) is 24.0 Å². The van der Waals surface area contributed by atoms with E-state index < -0.39 is 29.9 Å². The third-order valence-electron chi connectivity index (χ3n) is 7.41. The zero-order valence-electron chi connectivity index (χ0n) is 24.9. The van der Waals surface area contributed by atoms with Crippen molar-refractivity contribution in [2.45, 2.75) is 38.5 Å². The van der Waals surface area contributed by atoms with Gasteiger partial charge in [0.2, 0.25) is 5.60 Å². The summed E-state index contributed by atoms with van der Waals surface area (Å²) in [6, 6.07) is 11.4. The van der Waals surface area contributed by atoms with Gasteiger partial charge in [-0.2, -0.15) is 0 Å². The van der Waals surface area contributed by atoms with Crippen LogP contribution in [0.1, 0.15) is 36.5 Å². The van der Waals surface area contributed by atoms with Gasteiger partial charge < -0.3 is 39.3 Å². The van der Waals surface area contributed by atoms with E-state index in [2.05, 4.69) is 10.6 Å². The monoisotopic (exact) mass is 672 g/mol. The number of pyridine rings is 2. The number of cyclic esters (lactones) is 1. The van der Waals surface area contributed by atoms with Crippen LogP contribution in [0.5, 0.6) is 0 Å². The number of benzene rings is 1. The molecule has 0 bridgehead atoms. The first kappa shape index (κ1) is 32.9. The maximum Gasteiger partial charge on any atom is 0.509 e. The van der Waals surface area contributed by atoms with Crippen molar-refractivity contribution in [2.75, 3.05) is 37.8 Å². The molecule has 16 heteroatoms. The highest BCUT2D eigenvalue weighted by atomic mass is 33.1. The fraction of sp³-hybridized carbons (Fsp3) is 0.400. The Bertz CT molecular complexity index is 1710. The molecule has 0 aliphatic carbocycles. The molecule has 0 fully saturated rings. The van der Waals surface area contributed by atoms with E-state index >= 15 is 0 Å². The highest BCUT2D eigenvalue weighted by molar-refractivity contribution is 8.76. The van der Waals surface area contributed by atoms with Crippen LogP contribution in [0, 0.1) is 0 Å². The lowest BCUT2D eigenvalue weighted by Crippen LogP contribution is -2.47. The molecule has 0 saturated carbocycles. The number of ether oxygens (including phenoxy) is 4. The lowest BCUT2D eigenvalue weighted by Gasteiger charge is -2.35. The van der Waals surface area contributed by atoms with Crippen LogP contribution in [-0.2, 0) is 42.5 Å². The molecule has 14 nitrogen and oxygen atoms in total. The lowest BCUT2D eigenvalue weighted by atomic mass is 9.85. The van der Waals surface area contributed by atoms with Gasteiger partial charge in [-0.15, -0.1) is 0 Å². The summed E-state index contributed by atoms with van der Waals surface area (Å²) in [5, 5.41) is 14.2. The van der Waals surface area contributed by atoms with Crippen molar-refractivity contribution in [2.24, 2.45) is 0 Å².